The normalized spacial score (nSPS) is 37.5. The maximum absolute atomic E-state index is 13.2. The summed E-state index contributed by atoms with van der Waals surface area (Å²) >= 11 is 0. The van der Waals surface area contributed by atoms with Gasteiger partial charge in [0.15, 0.2) is 9.84 Å². The van der Waals surface area contributed by atoms with Gasteiger partial charge in [-0.3, -0.25) is 4.90 Å². The van der Waals surface area contributed by atoms with Gasteiger partial charge in [-0.05, 0) is 62.1 Å². The number of hydrogen-bond acceptors (Lipinski definition) is 3. The second-order valence-electron chi connectivity index (χ2n) is 7.71. The molecule has 0 bridgehead atoms. The molecule has 1 aromatic carbocycles. The molecule has 1 aromatic rings. The third kappa shape index (κ3) is 2.29. The van der Waals surface area contributed by atoms with Gasteiger partial charge in [-0.15, -0.1) is 0 Å². The smallest absolute Gasteiger partial charge is 0.182 e. The third-order valence-corrected chi connectivity index (χ3v) is 9.05. The zero-order valence-corrected chi connectivity index (χ0v) is 14.8. The highest BCUT2D eigenvalue weighted by Gasteiger charge is 2.58. The van der Waals surface area contributed by atoms with Gasteiger partial charge in [-0.25, -0.2) is 8.42 Å². The predicted octanol–water partition coefficient (Wildman–Crippen LogP) is 3.50. The average molecular weight is 333 g/mol. The van der Waals surface area contributed by atoms with Crippen LogP contribution >= 0.6 is 0 Å². The maximum Gasteiger partial charge on any atom is 0.182 e. The molecule has 0 spiro atoms. The summed E-state index contributed by atoms with van der Waals surface area (Å²) < 4.78 is 26.5. The van der Waals surface area contributed by atoms with E-state index in [0.29, 0.717) is 22.3 Å². The molecule has 0 amide bonds. The zero-order valence-electron chi connectivity index (χ0n) is 13.9. The number of sulfone groups is 1. The highest BCUT2D eigenvalue weighted by atomic mass is 32.2. The van der Waals surface area contributed by atoms with Crippen molar-refractivity contribution >= 4 is 9.84 Å². The van der Waals surface area contributed by atoms with E-state index in [9.17, 15) is 8.42 Å². The topological polar surface area (TPSA) is 37.4 Å². The van der Waals surface area contributed by atoms with Gasteiger partial charge in [-0.1, -0.05) is 31.5 Å². The van der Waals surface area contributed by atoms with Crippen LogP contribution in [0, 0.1) is 11.3 Å². The van der Waals surface area contributed by atoms with Crippen LogP contribution in [0.4, 0.5) is 0 Å². The number of hydrogen-bond donors (Lipinski definition) is 0. The molecule has 4 atom stereocenters. The Morgan fingerprint density at radius 1 is 1.17 bits per heavy atom. The highest BCUT2D eigenvalue weighted by molar-refractivity contribution is 7.92. The lowest BCUT2D eigenvalue weighted by molar-refractivity contribution is -0.0150. The molecular formula is C19H27NO2S. The van der Waals surface area contributed by atoms with Crippen LogP contribution in [0.2, 0.25) is 0 Å². The summed E-state index contributed by atoms with van der Waals surface area (Å²) in [7, 11) is -3.22. The standard InChI is InChI=1S/C19H27NO2S/c1-2-19-11-6-10-16-17(14-20(18(16)19)13-7-12-19)23(21,22)15-8-4-3-5-9-15/h3-5,8-9,16-18H,2,6-7,10-14H2,1H3. The summed E-state index contributed by atoms with van der Waals surface area (Å²) in [6, 6.07) is 9.60. The molecule has 3 aliphatic rings. The minimum absolute atomic E-state index is 0.209. The monoisotopic (exact) mass is 333 g/mol. The van der Waals surface area contributed by atoms with Crippen LogP contribution < -0.4 is 0 Å². The third-order valence-electron chi connectivity index (χ3n) is 6.82. The molecule has 4 unspecified atom stereocenters. The van der Waals surface area contributed by atoms with E-state index in [1.165, 1.54) is 32.1 Å². The lowest BCUT2D eigenvalue weighted by atomic mass is 9.61. The molecule has 1 aliphatic carbocycles. The van der Waals surface area contributed by atoms with E-state index in [-0.39, 0.29) is 5.25 Å². The summed E-state index contributed by atoms with van der Waals surface area (Å²) in [5.74, 6) is 0.328. The van der Waals surface area contributed by atoms with Gasteiger partial charge in [0.1, 0.15) is 0 Å². The molecule has 2 aliphatic heterocycles. The van der Waals surface area contributed by atoms with Gasteiger partial charge in [0.2, 0.25) is 0 Å². The van der Waals surface area contributed by atoms with Crippen molar-refractivity contribution in [2.45, 2.75) is 61.6 Å². The highest BCUT2D eigenvalue weighted by Crippen LogP contribution is 2.55. The fraction of sp³-hybridized carbons (Fsp3) is 0.684. The van der Waals surface area contributed by atoms with Crippen LogP contribution in [0.1, 0.15) is 45.4 Å². The number of piperidine rings is 1. The van der Waals surface area contributed by atoms with Crippen molar-refractivity contribution in [2.24, 2.45) is 11.3 Å². The maximum atomic E-state index is 13.2. The minimum Gasteiger partial charge on any atom is -0.298 e. The fourth-order valence-corrected chi connectivity index (χ4v) is 7.81. The Hall–Kier alpha value is -0.870. The Bertz CT molecular complexity index is 668. The minimum atomic E-state index is -3.22. The van der Waals surface area contributed by atoms with Crippen LogP contribution in [-0.2, 0) is 9.84 Å². The molecule has 4 heteroatoms. The molecule has 3 fully saturated rings. The Balaban J connectivity index is 1.73. The molecule has 0 radical (unpaired) electrons. The Labute approximate surface area is 140 Å². The molecule has 2 saturated heterocycles. The van der Waals surface area contributed by atoms with E-state index in [1.54, 1.807) is 12.1 Å². The lowest BCUT2D eigenvalue weighted by Gasteiger charge is -2.52. The van der Waals surface area contributed by atoms with Crippen molar-refractivity contribution in [3.63, 3.8) is 0 Å². The molecule has 2 heterocycles. The lowest BCUT2D eigenvalue weighted by Crippen LogP contribution is -2.53. The molecule has 23 heavy (non-hydrogen) atoms. The van der Waals surface area contributed by atoms with Crippen molar-refractivity contribution in [1.82, 2.24) is 4.90 Å². The van der Waals surface area contributed by atoms with Crippen LogP contribution in [-0.4, -0.2) is 37.7 Å². The molecule has 0 aromatic heterocycles. The average Bonchev–Trinajstić information content (AvgIpc) is 2.98. The summed E-state index contributed by atoms with van der Waals surface area (Å²) in [5, 5.41) is -0.209. The fourth-order valence-electron chi connectivity index (χ4n) is 5.79. The van der Waals surface area contributed by atoms with E-state index >= 15 is 0 Å². The van der Waals surface area contributed by atoms with E-state index in [2.05, 4.69) is 11.8 Å². The predicted molar refractivity (Wildman–Crippen MR) is 92.1 cm³/mol. The molecule has 1 saturated carbocycles. The molecule has 3 nitrogen and oxygen atoms in total. The quantitative estimate of drug-likeness (QED) is 0.849. The number of rotatable bonds is 3. The van der Waals surface area contributed by atoms with Gasteiger partial charge in [-0.2, -0.15) is 0 Å². The largest absolute Gasteiger partial charge is 0.298 e. The molecule has 0 N–H and O–H groups in total. The van der Waals surface area contributed by atoms with Crippen molar-refractivity contribution in [2.75, 3.05) is 13.1 Å². The summed E-state index contributed by atoms with van der Waals surface area (Å²) in [5.41, 5.74) is 0.377. The first kappa shape index (κ1) is 15.6. The van der Waals surface area contributed by atoms with Crippen LogP contribution in [0.15, 0.2) is 35.2 Å². The van der Waals surface area contributed by atoms with Crippen LogP contribution in [0.5, 0.6) is 0 Å². The SMILES string of the molecule is CCC12CCCC3C1N(CCC2)CC3S(=O)(=O)c1ccccc1. The van der Waals surface area contributed by atoms with Crippen LogP contribution in [0.3, 0.4) is 0 Å². The summed E-state index contributed by atoms with van der Waals surface area (Å²) in [6.45, 7) is 4.14. The van der Waals surface area contributed by atoms with Gasteiger partial charge >= 0.3 is 0 Å². The molecule has 126 valence electrons. The second kappa shape index (κ2) is 5.59. The zero-order chi connectivity index (χ0) is 16.1. The summed E-state index contributed by atoms with van der Waals surface area (Å²) in [4.78, 5) is 3.04. The van der Waals surface area contributed by atoms with Gasteiger partial charge < -0.3 is 0 Å². The van der Waals surface area contributed by atoms with Gasteiger partial charge in [0.25, 0.3) is 0 Å². The van der Waals surface area contributed by atoms with E-state index in [0.717, 1.165) is 19.5 Å². The first-order chi connectivity index (χ1) is 11.1. The first-order valence-electron chi connectivity index (χ1n) is 9.11. The van der Waals surface area contributed by atoms with E-state index < -0.39 is 9.84 Å². The van der Waals surface area contributed by atoms with E-state index in [4.69, 9.17) is 0 Å². The second-order valence-corrected chi connectivity index (χ2v) is 9.88. The molecule has 4 rings (SSSR count). The van der Waals surface area contributed by atoms with Crippen molar-refractivity contribution in [3.05, 3.63) is 30.3 Å². The van der Waals surface area contributed by atoms with Gasteiger partial charge in [0.05, 0.1) is 10.1 Å². The Morgan fingerprint density at radius 3 is 2.65 bits per heavy atom. The van der Waals surface area contributed by atoms with Crippen molar-refractivity contribution in [3.8, 4) is 0 Å². The van der Waals surface area contributed by atoms with Crippen molar-refractivity contribution in [1.29, 1.82) is 0 Å². The van der Waals surface area contributed by atoms with E-state index in [1.807, 2.05) is 18.2 Å². The van der Waals surface area contributed by atoms with Crippen molar-refractivity contribution < 1.29 is 8.42 Å². The number of nitrogens with zero attached hydrogens (tertiary/aromatic N) is 1. The molecular weight excluding hydrogens is 306 g/mol. The van der Waals surface area contributed by atoms with Crippen LogP contribution in [0.25, 0.3) is 0 Å². The Kier molecular flexibility index (Phi) is 3.80. The Morgan fingerprint density at radius 2 is 1.91 bits per heavy atom. The number of benzene rings is 1. The first-order valence-corrected chi connectivity index (χ1v) is 10.7. The van der Waals surface area contributed by atoms with Gasteiger partial charge in [0, 0.05) is 12.6 Å². The summed E-state index contributed by atoms with van der Waals surface area (Å²) in [6.07, 6.45) is 7.29.